The molecule has 0 radical (unpaired) electrons. The maximum absolute atomic E-state index is 5.88. The summed E-state index contributed by atoms with van der Waals surface area (Å²) >= 11 is 5.88. The van der Waals surface area contributed by atoms with Crippen molar-refractivity contribution in [1.29, 1.82) is 0 Å². The van der Waals surface area contributed by atoms with Gasteiger partial charge in [-0.3, -0.25) is 0 Å². The normalized spacial score (nSPS) is 25.4. The van der Waals surface area contributed by atoms with Gasteiger partial charge in [0, 0.05) is 19.2 Å². The molecule has 1 aromatic rings. The van der Waals surface area contributed by atoms with Crippen LogP contribution in [0.1, 0.15) is 32.6 Å². The SMILES string of the molecule is CC1CCCC(N(C)c2cc(Cl)ncn2)C1. The number of hydrogen-bond donors (Lipinski definition) is 0. The van der Waals surface area contributed by atoms with Gasteiger partial charge in [-0.2, -0.15) is 0 Å². The summed E-state index contributed by atoms with van der Waals surface area (Å²) in [6.45, 7) is 2.33. The Hall–Kier alpha value is -0.830. The fraction of sp³-hybridized carbons (Fsp3) is 0.667. The second-order valence-corrected chi connectivity index (χ2v) is 5.12. The Morgan fingerprint density at radius 2 is 2.19 bits per heavy atom. The summed E-state index contributed by atoms with van der Waals surface area (Å²) in [5.41, 5.74) is 0. The maximum atomic E-state index is 5.88. The zero-order chi connectivity index (χ0) is 11.5. The lowest BCUT2D eigenvalue weighted by Crippen LogP contribution is -2.36. The molecule has 0 N–H and O–H groups in total. The molecule has 0 amide bonds. The van der Waals surface area contributed by atoms with E-state index in [1.54, 1.807) is 0 Å². The van der Waals surface area contributed by atoms with E-state index in [9.17, 15) is 0 Å². The summed E-state index contributed by atoms with van der Waals surface area (Å²) in [7, 11) is 2.10. The average Bonchev–Trinajstić information content (AvgIpc) is 2.28. The smallest absolute Gasteiger partial charge is 0.134 e. The van der Waals surface area contributed by atoms with Crippen molar-refractivity contribution in [2.24, 2.45) is 5.92 Å². The van der Waals surface area contributed by atoms with Crippen LogP contribution in [-0.2, 0) is 0 Å². The van der Waals surface area contributed by atoms with Crippen LogP contribution in [0.2, 0.25) is 5.15 Å². The van der Waals surface area contributed by atoms with Crippen LogP contribution in [0.4, 0.5) is 5.82 Å². The quantitative estimate of drug-likeness (QED) is 0.743. The molecule has 0 aromatic carbocycles. The molecule has 2 atom stereocenters. The van der Waals surface area contributed by atoms with Crippen LogP contribution in [0.5, 0.6) is 0 Å². The lowest BCUT2D eigenvalue weighted by Gasteiger charge is -2.34. The van der Waals surface area contributed by atoms with Gasteiger partial charge < -0.3 is 4.90 Å². The summed E-state index contributed by atoms with van der Waals surface area (Å²) in [4.78, 5) is 10.4. The molecule has 1 heterocycles. The third-order valence-electron chi connectivity index (χ3n) is 3.44. The van der Waals surface area contributed by atoms with E-state index in [4.69, 9.17) is 11.6 Å². The molecular formula is C12H18ClN3. The monoisotopic (exact) mass is 239 g/mol. The molecule has 1 fully saturated rings. The van der Waals surface area contributed by atoms with Crippen LogP contribution in [0.3, 0.4) is 0 Å². The summed E-state index contributed by atoms with van der Waals surface area (Å²) in [6, 6.07) is 2.43. The molecule has 0 saturated heterocycles. The first-order valence-electron chi connectivity index (χ1n) is 5.87. The first-order valence-corrected chi connectivity index (χ1v) is 6.25. The van der Waals surface area contributed by atoms with E-state index in [2.05, 4.69) is 28.8 Å². The molecule has 1 aliphatic rings. The van der Waals surface area contributed by atoms with Crippen molar-refractivity contribution >= 4 is 17.4 Å². The summed E-state index contributed by atoms with van der Waals surface area (Å²) < 4.78 is 0. The number of rotatable bonds is 2. The Morgan fingerprint density at radius 1 is 1.38 bits per heavy atom. The van der Waals surface area contributed by atoms with Gasteiger partial charge in [0.25, 0.3) is 0 Å². The van der Waals surface area contributed by atoms with Crippen molar-refractivity contribution in [2.45, 2.75) is 38.6 Å². The minimum Gasteiger partial charge on any atom is -0.357 e. The highest BCUT2D eigenvalue weighted by molar-refractivity contribution is 6.29. The van der Waals surface area contributed by atoms with Crippen LogP contribution < -0.4 is 4.90 Å². The van der Waals surface area contributed by atoms with Gasteiger partial charge in [0.05, 0.1) is 0 Å². The Morgan fingerprint density at radius 3 is 2.88 bits per heavy atom. The molecule has 3 nitrogen and oxygen atoms in total. The highest BCUT2D eigenvalue weighted by Crippen LogP contribution is 2.29. The molecule has 1 aliphatic carbocycles. The van der Waals surface area contributed by atoms with Gasteiger partial charge in [-0.05, 0) is 18.8 Å². The number of halogens is 1. The second-order valence-electron chi connectivity index (χ2n) is 4.74. The van der Waals surface area contributed by atoms with Crippen molar-refractivity contribution in [1.82, 2.24) is 9.97 Å². The molecule has 0 bridgehead atoms. The standard InChI is InChI=1S/C12H18ClN3/c1-9-4-3-5-10(6-9)16(2)12-7-11(13)14-8-15-12/h7-10H,3-6H2,1-2H3. The van der Waals surface area contributed by atoms with Gasteiger partial charge in [0.2, 0.25) is 0 Å². The van der Waals surface area contributed by atoms with E-state index in [1.165, 1.54) is 32.0 Å². The van der Waals surface area contributed by atoms with Gasteiger partial charge in [-0.15, -0.1) is 0 Å². The fourth-order valence-electron chi connectivity index (χ4n) is 2.46. The molecule has 88 valence electrons. The van der Waals surface area contributed by atoms with Crippen molar-refractivity contribution in [2.75, 3.05) is 11.9 Å². The molecule has 2 unspecified atom stereocenters. The first-order chi connectivity index (χ1) is 7.66. The molecule has 4 heteroatoms. The minimum atomic E-state index is 0.515. The first kappa shape index (κ1) is 11.6. The fourth-order valence-corrected chi connectivity index (χ4v) is 2.60. The van der Waals surface area contributed by atoms with Gasteiger partial charge in [-0.1, -0.05) is 31.4 Å². The summed E-state index contributed by atoms with van der Waals surface area (Å²) in [5, 5.41) is 0.515. The van der Waals surface area contributed by atoms with Crippen LogP contribution in [0.25, 0.3) is 0 Å². The van der Waals surface area contributed by atoms with E-state index in [0.717, 1.165) is 11.7 Å². The third kappa shape index (κ3) is 2.64. The average molecular weight is 240 g/mol. The van der Waals surface area contributed by atoms with Crippen LogP contribution >= 0.6 is 11.6 Å². The molecule has 16 heavy (non-hydrogen) atoms. The molecule has 2 rings (SSSR count). The second kappa shape index (κ2) is 5.00. The van der Waals surface area contributed by atoms with Crippen molar-refractivity contribution in [3.63, 3.8) is 0 Å². The Bertz CT molecular complexity index is 356. The van der Waals surface area contributed by atoms with Crippen LogP contribution in [0, 0.1) is 5.92 Å². The lowest BCUT2D eigenvalue weighted by atomic mass is 9.86. The molecular weight excluding hydrogens is 222 g/mol. The Balaban J connectivity index is 2.09. The lowest BCUT2D eigenvalue weighted by molar-refractivity contribution is 0.335. The van der Waals surface area contributed by atoms with Gasteiger partial charge in [0.1, 0.15) is 17.3 Å². The minimum absolute atomic E-state index is 0.515. The number of aromatic nitrogens is 2. The zero-order valence-corrected chi connectivity index (χ0v) is 10.6. The number of anilines is 1. The largest absolute Gasteiger partial charge is 0.357 e. The van der Waals surface area contributed by atoms with Crippen LogP contribution in [0.15, 0.2) is 12.4 Å². The van der Waals surface area contributed by atoms with Gasteiger partial charge in [0.15, 0.2) is 0 Å². The zero-order valence-electron chi connectivity index (χ0n) is 9.86. The van der Waals surface area contributed by atoms with E-state index in [0.29, 0.717) is 11.2 Å². The molecule has 0 aliphatic heterocycles. The molecule has 0 spiro atoms. The van der Waals surface area contributed by atoms with Gasteiger partial charge in [-0.25, -0.2) is 9.97 Å². The van der Waals surface area contributed by atoms with Crippen molar-refractivity contribution in [3.8, 4) is 0 Å². The Labute approximate surface area is 102 Å². The van der Waals surface area contributed by atoms with Crippen molar-refractivity contribution in [3.05, 3.63) is 17.5 Å². The van der Waals surface area contributed by atoms with Gasteiger partial charge >= 0.3 is 0 Å². The number of nitrogens with zero attached hydrogens (tertiary/aromatic N) is 3. The van der Waals surface area contributed by atoms with Crippen LogP contribution in [-0.4, -0.2) is 23.1 Å². The maximum Gasteiger partial charge on any atom is 0.134 e. The van der Waals surface area contributed by atoms with E-state index in [-0.39, 0.29) is 0 Å². The highest BCUT2D eigenvalue weighted by atomic mass is 35.5. The van der Waals surface area contributed by atoms with E-state index >= 15 is 0 Å². The number of hydrogen-bond acceptors (Lipinski definition) is 3. The van der Waals surface area contributed by atoms with Crippen molar-refractivity contribution < 1.29 is 0 Å². The third-order valence-corrected chi connectivity index (χ3v) is 3.64. The Kier molecular flexibility index (Phi) is 3.64. The molecule has 1 aromatic heterocycles. The highest BCUT2D eigenvalue weighted by Gasteiger charge is 2.23. The topological polar surface area (TPSA) is 29.0 Å². The summed E-state index contributed by atoms with van der Waals surface area (Å²) in [5.74, 6) is 1.75. The van der Waals surface area contributed by atoms with E-state index in [1.807, 2.05) is 6.07 Å². The predicted octanol–water partition coefficient (Wildman–Crippen LogP) is 3.14. The molecule has 1 saturated carbocycles. The predicted molar refractivity (Wildman–Crippen MR) is 66.9 cm³/mol. The van der Waals surface area contributed by atoms with E-state index < -0.39 is 0 Å². The summed E-state index contributed by atoms with van der Waals surface area (Å²) in [6.07, 6.45) is 6.70.